The van der Waals surface area contributed by atoms with Gasteiger partial charge in [-0.2, -0.15) is 0 Å². The molecule has 0 radical (unpaired) electrons. The molecule has 0 bridgehead atoms. The normalized spacial score (nSPS) is 17.8. The molecule has 1 aromatic carbocycles. The summed E-state index contributed by atoms with van der Waals surface area (Å²) in [5, 5.41) is 23.9. The standard InChI is InChI=1S/C28H40ClN3O4/c1-3-5-27(25-11-12-30-16-22(25)9-10-28(34)35)36-18-24(33)17-31-19-32-13-4-6-23(32)14-21-8-7-20(2)26(29)15-21/h7-8,11-12,15-16,23-24,27,31,33H,3-6,9-10,13-14,17-19H2,1-2H3,(H,34,35)/t23-,24+,27?/m0/s1. The first kappa shape index (κ1) is 28.5. The highest BCUT2D eigenvalue weighted by Gasteiger charge is 2.25. The lowest BCUT2D eigenvalue weighted by Gasteiger charge is -2.26. The Bertz CT molecular complexity index is 974. The number of likely N-dealkylation sites (tertiary alicyclic amines) is 1. The molecule has 7 nitrogen and oxygen atoms in total. The topological polar surface area (TPSA) is 94.9 Å². The fraction of sp³-hybridized carbons (Fsp3) is 0.571. The van der Waals surface area contributed by atoms with Crippen molar-refractivity contribution in [1.82, 2.24) is 15.2 Å². The zero-order valence-corrected chi connectivity index (χ0v) is 22.2. The Balaban J connectivity index is 1.46. The van der Waals surface area contributed by atoms with Crippen LogP contribution in [0.15, 0.2) is 36.7 Å². The van der Waals surface area contributed by atoms with E-state index in [1.807, 2.05) is 13.0 Å². The number of nitrogens with zero attached hydrogens (tertiary/aromatic N) is 2. The van der Waals surface area contributed by atoms with E-state index in [4.69, 9.17) is 21.4 Å². The third kappa shape index (κ3) is 8.82. The number of aliphatic hydroxyl groups excluding tert-OH is 1. The van der Waals surface area contributed by atoms with Crippen LogP contribution in [0.3, 0.4) is 0 Å². The van der Waals surface area contributed by atoms with Crippen molar-refractivity contribution in [3.63, 3.8) is 0 Å². The fourth-order valence-electron chi connectivity index (χ4n) is 4.82. The van der Waals surface area contributed by atoms with Gasteiger partial charge in [-0.15, -0.1) is 0 Å². The van der Waals surface area contributed by atoms with Crippen LogP contribution in [-0.4, -0.2) is 64.6 Å². The number of aliphatic carboxylic acids is 1. The average Bonchev–Trinajstić information content (AvgIpc) is 3.29. The van der Waals surface area contributed by atoms with Crippen LogP contribution < -0.4 is 5.32 Å². The monoisotopic (exact) mass is 517 g/mol. The van der Waals surface area contributed by atoms with Crippen molar-refractivity contribution >= 4 is 17.6 Å². The molecule has 3 N–H and O–H groups in total. The Hall–Kier alpha value is -2.03. The lowest BCUT2D eigenvalue weighted by Crippen LogP contribution is -2.42. The van der Waals surface area contributed by atoms with Crippen LogP contribution in [0.2, 0.25) is 5.02 Å². The molecular formula is C28H40ClN3O4. The van der Waals surface area contributed by atoms with Gasteiger partial charge in [0.25, 0.3) is 0 Å². The number of rotatable bonds is 15. The number of aromatic nitrogens is 1. The summed E-state index contributed by atoms with van der Waals surface area (Å²) in [5.74, 6) is -0.831. The number of aliphatic hydroxyl groups is 1. The summed E-state index contributed by atoms with van der Waals surface area (Å²) in [6, 6.07) is 8.68. The first-order valence-electron chi connectivity index (χ1n) is 13.0. The maximum Gasteiger partial charge on any atom is 0.303 e. The molecule has 1 aromatic heterocycles. The highest BCUT2D eigenvalue weighted by Crippen LogP contribution is 2.27. The molecule has 0 spiro atoms. The molecule has 2 aromatic rings. The van der Waals surface area contributed by atoms with Gasteiger partial charge in [0.2, 0.25) is 0 Å². The Morgan fingerprint density at radius 1 is 1.36 bits per heavy atom. The second-order valence-corrected chi connectivity index (χ2v) is 10.1. The number of carbonyl (C=O) groups is 1. The SMILES string of the molecule is CCCC(OC[C@H](O)CNCN1CCC[C@H]1Cc1ccc(C)c(Cl)c1)c1ccncc1CCC(=O)O. The Labute approximate surface area is 219 Å². The van der Waals surface area contributed by atoms with Crippen molar-refractivity contribution in [3.8, 4) is 0 Å². The van der Waals surface area contributed by atoms with Crippen LogP contribution in [0.5, 0.6) is 0 Å². The molecule has 2 heterocycles. The maximum atomic E-state index is 11.0. The van der Waals surface area contributed by atoms with Crippen molar-refractivity contribution in [2.45, 2.75) is 77.0 Å². The van der Waals surface area contributed by atoms with Gasteiger partial charge in [0.05, 0.1) is 18.8 Å². The van der Waals surface area contributed by atoms with Crippen molar-refractivity contribution < 1.29 is 19.7 Å². The Morgan fingerprint density at radius 3 is 2.94 bits per heavy atom. The van der Waals surface area contributed by atoms with Crippen LogP contribution in [0, 0.1) is 6.92 Å². The molecule has 1 fully saturated rings. The third-order valence-corrected chi connectivity index (χ3v) is 7.25. The summed E-state index contributed by atoms with van der Waals surface area (Å²) in [5.41, 5.74) is 4.21. The molecule has 1 saturated heterocycles. The van der Waals surface area contributed by atoms with Crippen molar-refractivity contribution in [3.05, 3.63) is 63.9 Å². The van der Waals surface area contributed by atoms with E-state index >= 15 is 0 Å². The van der Waals surface area contributed by atoms with Gasteiger partial charge < -0.3 is 20.3 Å². The van der Waals surface area contributed by atoms with Crippen LogP contribution in [0.1, 0.15) is 67.4 Å². The van der Waals surface area contributed by atoms with E-state index in [-0.39, 0.29) is 19.1 Å². The summed E-state index contributed by atoms with van der Waals surface area (Å²) in [4.78, 5) is 17.6. The highest BCUT2D eigenvalue weighted by molar-refractivity contribution is 6.31. The van der Waals surface area contributed by atoms with Gasteiger partial charge in [-0.1, -0.05) is 37.1 Å². The number of benzene rings is 1. The van der Waals surface area contributed by atoms with E-state index in [2.05, 4.69) is 40.3 Å². The minimum absolute atomic E-state index is 0.0541. The molecule has 198 valence electrons. The molecule has 36 heavy (non-hydrogen) atoms. The van der Waals surface area contributed by atoms with Crippen molar-refractivity contribution in [2.75, 3.05) is 26.4 Å². The fourth-order valence-corrected chi connectivity index (χ4v) is 5.03. The number of carboxylic acid groups (broad SMARTS) is 1. The maximum absolute atomic E-state index is 11.0. The van der Waals surface area contributed by atoms with Gasteiger partial charge in [-0.25, -0.2) is 0 Å². The zero-order chi connectivity index (χ0) is 25.9. The molecule has 8 heteroatoms. The van der Waals surface area contributed by atoms with Crippen LogP contribution in [-0.2, 0) is 22.4 Å². The smallest absolute Gasteiger partial charge is 0.303 e. The van der Waals surface area contributed by atoms with Crippen molar-refractivity contribution in [1.29, 1.82) is 0 Å². The van der Waals surface area contributed by atoms with Gasteiger partial charge in [0.15, 0.2) is 0 Å². The van der Waals surface area contributed by atoms with Crippen LogP contribution in [0.4, 0.5) is 0 Å². The molecule has 0 amide bonds. The van der Waals surface area contributed by atoms with Gasteiger partial charge in [-0.3, -0.25) is 14.7 Å². The molecule has 0 saturated carbocycles. The highest BCUT2D eigenvalue weighted by atomic mass is 35.5. The summed E-state index contributed by atoms with van der Waals surface area (Å²) >= 11 is 6.31. The number of halogens is 1. The van der Waals surface area contributed by atoms with E-state index in [1.165, 1.54) is 12.0 Å². The minimum Gasteiger partial charge on any atom is -0.481 e. The van der Waals surface area contributed by atoms with E-state index in [9.17, 15) is 9.90 Å². The van der Waals surface area contributed by atoms with Gasteiger partial charge >= 0.3 is 5.97 Å². The van der Waals surface area contributed by atoms with E-state index < -0.39 is 12.1 Å². The lowest BCUT2D eigenvalue weighted by atomic mass is 9.98. The Kier molecular flexibility index (Phi) is 11.6. The van der Waals surface area contributed by atoms with Crippen LogP contribution in [0.25, 0.3) is 0 Å². The number of carboxylic acids is 1. The second-order valence-electron chi connectivity index (χ2n) is 9.74. The third-order valence-electron chi connectivity index (χ3n) is 6.84. The number of pyridine rings is 1. The summed E-state index contributed by atoms with van der Waals surface area (Å²) < 4.78 is 6.13. The second kappa shape index (κ2) is 14.6. The quantitative estimate of drug-likeness (QED) is 0.319. The summed E-state index contributed by atoms with van der Waals surface area (Å²) in [6.45, 7) is 6.54. The molecule has 0 aliphatic carbocycles. The Morgan fingerprint density at radius 2 is 2.19 bits per heavy atom. The number of aryl methyl sites for hydroxylation is 2. The average molecular weight is 518 g/mol. The first-order chi connectivity index (χ1) is 17.4. The van der Waals surface area contributed by atoms with Gasteiger partial charge in [0, 0.05) is 43.1 Å². The molecule has 3 rings (SSSR count). The molecule has 3 atom stereocenters. The largest absolute Gasteiger partial charge is 0.481 e. The van der Waals surface area contributed by atoms with Crippen LogP contribution >= 0.6 is 11.6 Å². The number of hydrogen-bond donors (Lipinski definition) is 3. The molecule has 1 aliphatic rings. The predicted molar refractivity (Wildman–Crippen MR) is 142 cm³/mol. The predicted octanol–water partition coefficient (Wildman–Crippen LogP) is 4.53. The number of ether oxygens (including phenoxy) is 1. The first-order valence-corrected chi connectivity index (χ1v) is 13.4. The lowest BCUT2D eigenvalue weighted by molar-refractivity contribution is -0.136. The number of nitrogens with one attached hydrogen (secondary N) is 1. The molecule has 1 aliphatic heterocycles. The summed E-state index contributed by atoms with van der Waals surface area (Å²) in [6.07, 6.45) is 8.09. The zero-order valence-electron chi connectivity index (χ0n) is 21.5. The number of hydrogen-bond acceptors (Lipinski definition) is 6. The molecule has 1 unspecified atom stereocenters. The summed E-state index contributed by atoms with van der Waals surface area (Å²) in [7, 11) is 0. The van der Waals surface area contributed by atoms with Gasteiger partial charge in [-0.05, 0) is 80.0 Å². The van der Waals surface area contributed by atoms with E-state index in [0.717, 1.165) is 60.6 Å². The minimum atomic E-state index is -0.831. The molecular weight excluding hydrogens is 478 g/mol. The van der Waals surface area contributed by atoms with E-state index in [0.29, 0.717) is 19.0 Å². The van der Waals surface area contributed by atoms with E-state index in [1.54, 1.807) is 12.4 Å². The van der Waals surface area contributed by atoms with Gasteiger partial charge in [0.1, 0.15) is 0 Å². The van der Waals surface area contributed by atoms with Crippen molar-refractivity contribution in [2.24, 2.45) is 0 Å².